The van der Waals surface area contributed by atoms with Gasteiger partial charge in [-0.15, -0.1) is 0 Å². The minimum Gasteiger partial charge on any atom is -0.460 e. The lowest BCUT2D eigenvalue weighted by Crippen LogP contribution is -2.22. The van der Waals surface area contributed by atoms with E-state index < -0.39 is 12.1 Å². The lowest BCUT2D eigenvalue weighted by atomic mass is 10.4. The summed E-state index contributed by atoms with van der Waals surface area (Å²) in [4.78, 5) is 11.0. The van der Waals surface area contributed by atoms with Crippen molar-refractivity contribution >= 4 is 5.97 Å². The zero-order valence-electron chi connectivity index (χ0n) is 9.40. The van der Waals surface area contributed by atoms with E-state index in [9.17, 15) is 4.79 Å². The highest BCUT2D eigenvalue weighted by Crippen LogP contribution is 1.95. The number of esters is 1. The number of hydrogen-bond acceptors (Lipinski definition) is 5. The Balaban J connectivity index is 3.66. The van der Waals surface area contributed by atoms with Crippen LogP contribution in [0.25, 0.3) is 0 Å². The standard InChI is InChI=1S/C10H19NO4/c1-7(11)4-10(13)15-6-9(3)14-5-8(2)12/h4,8-9,12H,5-6,11H2,1-3H3/b7-4-. The number of allylic oxidation sites excluding steroid dienone is 1. The number of carbonyl (C=O) groups is 1. The van der Waals surface area contributed by atoms with Crippen molar-refractivity contribution in [3.05, 3.63) is 11.8 Å². The fraction of sp³-hybridized carbons (Fsp3) is 0.700. The summed E-state index contributed by atoms with van der Waals surface area (Å²) in [5, 5.41) is 8.94. The molecule has 0 aromatic heterocycles. The van der Waals surface area contributed by atoms with E-state index in [4.69, 9.17) is 20.3 Å². The first-order chi connectivity index (χ1) is 6.91. The fourth-order valence-corrected chi connectivity index (χ4v) is 0.779. The van der Waals surface area contributed by atoms with Crippen LogP contribution < -0.4 is 5.73 Å². The van der Waals surface area contributed by atoms with Crippen LogP contribution in [0.4, 0.5) is 0 Å². The molecule has 0 spiro atoms. The van der Waals surface area contributed by atoms with E-state index in [1.54, 1.807) is 20.8 Å². The van der Waals surface area contributed by atoms with Crippen molar-refractivity contribution < 1.29 is 19.4 Å². The summed E-state index contributed by atoms with van der Waals surface area (Å²) >= 11 is 0. The van der Waals surface area contributed by atoms with Gasteiger partial charge in [-0.1, -0.05) is 0 Å². The lowest BCUT2D eigenvalue weighted by Gasteiger charge is -2.13. The van der Waals surface area contributed by atoms with Gasteiger partial charge in [0.2, 0.25) is 0 Å². The molecule has 0 aliphatic carbocycles. The van der Waals surface area contributed by atoms with Gasteiger partial charge in [0, 0.05) is 11.8 Å². The minimum absolute atomic E-state index is 0.148. The maximum absolute atomic E-state index is 11.0. The zero-order valence-corrected chi connectivity index (χ0v) is 9.40. The lowest BCUT2D eigenvalue weighted by molar-refractivity contribution is -0.142. The zero-order chi connectivity index (χ0) is 11.8. The molecule has 0 saturated carbocycles. The third kappa shape index (κ3) is 9.24. The summed E-state index contributed by atoms with van der Waals surface area (Å²) in [5.41, 5.74) is 5.69. The molecule has 0 aliphatic rings. The number of aliphatic hydroxyl groups is 1. The van der Waals surface area contributed by atoms with Gasteiger partial charge in [-0.05, 0) is 20.8 Å². The molecule has 0 aromatic carbocycles. The van der Waals surface area contributed by atoms with Crippen LogP contribution in [-0.2, 0) is 14.3 Å². The molecule has 5 heteroatoms. The summed E-state index contributed by atoms with van der Waals surface area (Å²) in [6.07, 6.45) is 0.450. The van der Waals surface area contributed by atoms with Gasteiger partial charge in [-0.25, -0.2) is 4.79 Å². The van der Waals surface area contributed by atoms with E-state index in [0.29, 0.717) is 5.70 Å². The largest absolute Gasteiger partial charge is 0.460 e. The quantitative estimate of drug-likeness (QED) is 0.490. The molecule has 0 aromatic rings. The molecule has 0 fully saturated rings. The van der Waals surface area contributed by atoms with Crippen molar-refractivity contribution in [2.45, 2.75) is 33.0 Å². The van der Waals surface area contributed by atoms with Gasteiger partial charge in [0.1, 0.15) is 6.61 Å². The van der Waals surface area contributed by atoms with Crippen LogP contribution in [0.5, 0.6) is 0 Å². The van der Waals surface area contributed by atoms with Gasteiger partial charge in [0.05, 0.1) is 18.8 Å². The fourth-order valence-electron chi connectivity index (χ4n) is 0.779. The Labute approximate surface area is 89.9 Å². The van der Waals surface area contributed by atoms with Crippen molar-refractivity contribution in [3.63, 3.8) is 0 Å². The Kier molecular flexibility index (Phi) is 6.73. The highest BCUT2D eigenvalue weighted by molar-refractivity contribution is 5.82. The number of ether oxygens (including phenoxy) is 2. The molecule has 2 atom stereocenters. The monoisotopic (exact) mass is 217 g/mol. The number of hydrogen-bond donors (Lipinski definition) is 2. The molecule has 2 unspecified atom stereocenters. The van der Waals surface area contributed by atoms with Gasteiger partial charge in [0.15, 0.2) is 0 Å². The Hall–Kier alpha value is -1.07. The summed E-state index contributed by atoms with van der Waals surface area (Å²) in [6, 6.07) is 0. The first-order valence-electron chi connectivity index (χ1n) is 4.82. The van der Waals surface area contributed by atoms with Gasteiger partial charge in [-0.2, -0.15) is 0 Å². The molecule has 0 radical (unpaired) electrons. The average molecular weight is 217 g/mol. The minimum atomic E-state index is -0.519. The molecule has 0 bridgehead atoms. The third-order valence-corrected chi connectivity index (χ3v) is 1.43. The summed E-state index contributed by atoms with van der Waals surface area (Å²) in [7, 11) is 0. The van der Waals surface area contributed by atoms with Gasteiger partial charge in [-0.3, -0.25) is 0 Å². The number of rotatable bonds is 6. The number of aliphatic hydroxyl groups excluding tert-OH is 1. The van der Waals surface area contributed by atoms with Crippen molar-refractivity contribution in [2.75, 3.05) is 13.2 Å². The van der Waals surface area contributed by atoms with E-state index in [2.05, 4.69) is 0 Å². The van der Waals surface area contributed by atoms with Gasteiger partial charge >= 0.3 is 5.97 Å². The highest BCUT2D eigenvalue weighted by atomic mass is 16.6. The Morgan fingerprint density at radius 1 is 1.47 bits per heavy atom. The van der Waals surface area contributed by atoms with E-state index in [1.807, 2.05) is 0 Å². The second-order valence-corrected chi connectivity index (χ2v) is 3.51. The Bertz CT molecular complexity index is 221. The third-order valence-electron chi connectivity index (χ3n) is 1.43. The molecular formula is C10H19NO4. The van der Waals surface area contributed by atoms with Crippen molar-refractivity contribution in [1.29, 1.82) is 0 Å². The van der Waals surface area contributed by atoms with Crippen LogP contribution >= 0.6 is 0 Å². The van der Waals surface area contributed by atoms with Crippen LogP contribution in [0.1, 0.15) is 20.8 Å². The topological polar surface area (TPSA) is 81.8 Å². The molecule has 0 amide bonds. The molecule has 5 nitrogen and oxygen atoms in total. The maximum Gasteiger partial charge on any atom is 0.332 e. The predicted molar refractivity (Wildman–Crippen MR) is 56.0 cm³/mol. The van der Waals surface area contributed by atoms with E-state index in [0.717, 1.165) is 0 Å². The molecule has 3 N–H and O–H groups in total. The molecule has 0 heterocycles. The van der Waals surface area contributed by atoms with Crippen molar-refractivity contribution in [3.8, 4) is 0 Å². The first kappa shape index (κ1) is 13.9. The number of nitrogens with two attached hydrogens (primary N) is 1. The summed E-state index contributed by atoms with van der Waals surface area (Å²) in [5.74, 6) is -0.484. The van der Waals surface area contributed by atoms with Crippen LogP contribution in [-0.4, -0.2) is 36.5 Å². The molecule has 0 rings (SSSR count). The molecule has 88 valence electrons. The Morgan fingerprint density at radius 2 is 2.07 bits per heavy atom. The van der Waals surface area contributed by atoms with E-state index in [-0.39, 0.29) is 19.3 Å². The molecule has 0 saturated heterocycles. The van der Waals surface area contributed by atoms with E-state index >= 15 is 0 Å². The average Bonchev–Trinajstić information content (AvgIpc) is 2.10. The SMILES string of the molecule is C/C(N)=C/C(=O)OCC(C)OCC(C)O. The van der Waals surface area contributed by atoms with Crippen molar-refractivity contribution in [1.82, 2.24) is 0 Å². The van der Waals surface area contributed by atoms with E-state index in [1.165, 1.54) is 6.08 Å². The molecule has 15 heavy (non-hydrogen) atoms. The van der Waals surface area contributed by atoms with Gasteiger partial charge < -0.3 is 20.3 Å². The van der Waals surface area contributed by atoms with Crippen LogP contribution in [0, 0.1) is 0 Å². The van der Waals surface area contributed by atoms with Crippen LogP contribution in [0.2, 0.25) is 0 Å². The van der Waals surface area contributed by atoms with Crippen LogP contribution in [0.3, 0.4) is 0 Å². The van der Waals surface area contributed by atoms with Crippen LogP contribution in [0.15, 0.2) is 11.8 Å². The summed E-state index contributed by atoms with van der Waals surface area (Å²) < 4.78 is 10.0. The highest BCUT2D eigenvalue weighted by Gasteiger charge is 2.07. The smallest absolute Gasteiger partial charge is 0.332 e. The van der Waals surface area contributed by atoms with Crippen molar-refractivity contribution in [2.24, 2.45) is 5.73 Å². The molecular weight excluding hydrogens is 198 g/mol. The number of carbonyl (C=O) groups excluding carboxylic acids is 1. The maximum atomic E-state index is 11.0. The predicted octanol–water partition coefficient (Wildman–Crippen LogP) is 0.178. The first-order valence-corrected chi connectivity index (χ1v) is 4.82. The summed E-state index contributed by atoms with van der Waals surface area (Å²) in [6.45, 7) is 5.36. The van der Waals surface area contributed by atoms with Gasteiger partial charge in [0.25, 0.3) is 0 Å². The second kappa shape index (κ2) is 7.25. The normalized spacial score (nSPS) is 15.9. The second-order valence-electron chi connectivity index (χ2n) is 3.51. The molecule has 0 aliphatic heterocycles. The Morgan fingerprint density at radius 3 is 2.53 bits per heavy atom.